The van der Waals surface area contributed by atoms with Gasteiger partial charge in [0.25, 0.3) is 5.91 Å². The predicted molar refractivity (Wildman–Crippen MR) is 121 cm³/mol. The first kappa shape index (κ1) is 22.3. The van der Waals surface area contributed by atoms with Gasteiger partial charge in [0, 0.05) is 43.3 Å². The van der Waals surface area contributed by atoms with Crippen LogP contribution >= 0.6 is 11.6 Å². The second kappa shape index (κ2) is 10.1. The van der Waals surface area contributed by atoms with E-state index in [4.69, 9.17) is 11.6 Å². The summed E-state index contributed by atoms with van der Waals surface area (Å²) in [7, 11) is 0. The van der Waals surface area contributed by atoms with Crippen molar-refractivity contribution in [3.8, 4) is 0 Å². The Morgan fingerprint density at radius 3 is 2.37 bits per heavy atom. The van der Waals surface area contributed by atoms with Crippen molar-refractivity contribution in [2.45, 2.75) is 33.4 Å². The van der Waals surface area contributed by atoms with Crippen LogP contribution in [0.15, 0.2) is 48.5 Å². The number of hydrogen-bond donors (Lipinski definition) is 1. The minimum atomic E-state index is -0.531. The first-order valence-corrected chi connectivity index (χ1v) is 10.8. The highest BCUT2D eigenvalue weighted by Crippen LogP contribution is 2.16. The molecular formula is C24H30ClN3O2. The maximum Gasteiger partial charge on any atom is 0.252 e. The Bertz CT molecular complexity index is 892. The van der Waals surface area contributed by atoms with Gasteiger partial charge in [0.1, 0.15) is 6.04 Å². The highest BCUT2D eigenvalue weighted by atomic mass is 35.5. The maximum absolute atomic E-state index is 13.2. The number of carbonyl (C=O) groups excluding carboxylic acids is 2. The summed E-state index contributed by atoms with van der Waals surface area (Å²) in [6.45, 7) is 9.57. The summed E-state index contributed by atoms with van der Waals surface area (Å²) in [5.41, 5.74) is 2.69. The number of nitrogens with zero attached hydrogens (tertiary/aromatic N) is 2. The van der Waals surface area contributed by atoms with Gasteiger partial charge in [0.15, 0.2) is 0 Å². The molecule has 0 radical (unpaired) electrons. The molecule has 6 heteroatoms. The Morgan fingerprint density at radius 1 is 1.03 bits per heavy atom. The number of halogens is 1. The average Bonchev–Trinajstić information content (AvgIpc) is 2.72. The summed E-state index contributed by atoms with van der Waals surface area (Å²) in [6, 6.07) is 14.8. The Balaban J connectivity index is 1.59. The fraction of sp³-hybridized carbons (Fsp3) is 0.417. The van der Waals surface area contributed by atoms with E-state index in [1.807, 2.05) is 62.1 Å². The fourth-order valence-electron chi connectivity index (χ4n) is 3.78. The van der Waals surface area contributed by atoms with E-state index in [2.05, 4.69) is 16.3 Å². The molecule has 1 N–H and O–H groups in total. The van der Waals surface area contributed by atoms with E-state index in [1.165, 1.54) is 5.56 Å². The van der Waals surface area contributed by atoms with E-state index >= 15 is 0 Å². The first-order valence-electron chi connectivity index (χ1n) is 10.5. The van der Waals surface area contributed by atoms with E-state index in [1.54, 1.807) is 6.07 Å². The van der Waals surface area contributed by atoms with Gasteiger partial charge in [-0.05, 0) is 42.2 Å². The number of amides is 2. The van der Waals surface area contributed by atoms with E-state index in [0.29, 0.717) is 18.7 Å². The van der Waals surface area contributed by atoms with Crippen molar-refractivity contribution in [3.63, 3.8) is 0 Å². The lowest BCUT2D eigenvalue weighted by Gasteiger charge is -2.37. The lowest BCUT2D eigenvalue weighted by molar-refractivity contribution is -0.136. The molecule has 2 amide bonds. The lowest BCUT2D eigenvalue weighted by atomic mass is 10.0. The van der Waals surface area contributed by atoms with Crippen LogP contribution in [0.2, 0.25) is 5.02 Å². The number of piperazine rings is 1. The molecule has 1 fully saturated rings. The third-order valence-corrected chi connectivity index (χ3v) is 5.82. The molecule has 1 aliphatic rings. The van der Waals surface area contributed by atoms with Crippen LogP contribution in [0, 0.1) is 12.8 Å². The molecule has 3 rings (SSSR count). The molecule has 0 aliphatic carbocycles. The summed E-state index contributed by atoms with van der Waals surface area (Å²) in [4.78, 5) is 30.1. The predicted octanol–water partition coefficient (Wildman–Crippen LogP) is 3.75. The van der Waals surface area contributed by atoms with Crippen LogP contribution in [0.1, 0.15) is 35.3 Å². The monoisotopic (exact) mass is 427 g/mol. The Labute approximate surface area is 184 Å². The SMILES string of the molecule is Cc1ccccc1C(=O)N[C@H](C(=O)N1CCN(Cc2cccc(Cl)c2)CC1)C(C)C. The van der Waals surface area contributed by atoms with Crippen molar-refractivity contribution < 1.29 is 9.59 Å². The molecule has 1 aliphatic heterocycles. The van der Waals surface area contributed by atoms with Crippen LogP contribution < -0.4 is 5.32 Å². The largest absolute Gasteiger partial charge is 0.340 e. The van der Waals surface area contributed by atoms with Crippen LogP contribution in [0.4, 0.5) is 0 Å². The van der Waals surface area contributed by atoms with Crippen molar-refractivity contribution in [2.75, 3.05) is 26.2 Å². The molecule has 5 nitrogen and oxygen atoms in total. The van der Waals surface area contributed by atoms with E-state index in [9.17, 15) is 9.59 Å². The first-order chi connectivity index (χ1) is 14.3. The summed E-state index contributed by atoms with van der Waals surface area (Å²) in [5.74, 6) is -0.191. The van der Waals surface area contributed by atoms with Crippen molar-refractivity contribution >= 4 is 23.4 Å². The van der Waals surface area contributed by atoms with Gasteiger partial charge < -0.3 is 10.2 Å². The zero-order valence-corrected chi connectivity index (χ0v) is 18.7. The third kappa shape index (κ3) is 5.61. The summed E-state index contributed by atoms with van der Waals surface area (Å²) >= 11 is 6.08. The minimum Gasteiger partial charge on any atom is -0.340 e. The van der Waals surface area contributed by atoms with Crippen molar-refractivity contribution in [3.05, 3.63) is 70.2 Å². The van der Waals surface area contributed by atoms with Gasteiger partial charge in [-0.25, -0.2) is 0 Å². The lowest BCUT2D eigenvalue weighted by Crippen LogP contribution is -2.56. The number of nitrogens with one attached hydrogen (secondary N) is 1. The van der Waals surface area contributed by atoms with Gasteiger partial charge in [0.2, 0.25) is 5.91 Å². The van der Waals surface area contributed by atoms with Crippen molar-refractivity contribution in [1.29, 1.82) is 0 Å². The standard InChI is InChI=1S/C24H30ClN3O2/c1-17(2)22(26-23(29)21-10-5-4-7-18(21)3)24(30)28-13-11-27(12-14-28)16-19-8-6-9-20(25)15-19/h4-10,15,17,22H,11-14,16H2,1-3H3,(H,26,29)/t22-/m0/s1. The molecule has 0 saturated carbocycles. The summed E-state index contributed by atoms with van der Waals surface area (Å²) in [6.07, 6.45) is 0. The number of rotatable bonds is 6. The highest BCUT2D eigenvalue weighted by Gasteiger charge is 2.31. The Morgan fingerprint density at radius 2 is 1.73 bits per heavy atom. The zero-order chi connectivity index (χ0) is 21.7. The topological polar surface area (TPSA) is 52.7 Å². The van der Waals surface area contributed by atoms with Gasteiger partial charge in [-0.3, -0.25) is 14.5 Å². The molecule has 2 aromatic carbocycles. The Kier molecular flexibility index (Phi) is 7.51. The minimum absolute atomic E-state index is 0.00524. The molecule has 2 aromatic rings. The van der Waals surface area contributed by atoms with Crippen LogP contribution in [0.3, 0.4) is 0 Å². The molecule has 0 aromatic heterocycles. The van der Waals surface area contributed by atoms with Gasteiger partial charge in [0.05, 0.1) is 0 Å². The van der Waals surface area contributed by atoms with Crippen LogP contribution in [-0.4, -0.2) is 53.8 Å². The van der Waals surface area contributed by atoms with Crippen LogP contribution in [-0.2, 0) is 11.3 Å². The normalized spacial score (nSPS) is 15.8. The molecule has 0 unspecified atom stereocenters. The quantitative estimate of drug-likeness (QED) is 0.763. The van der Waals surface area contributed by atoms with E-state index in [-0.39, 0.29) is 17.7 Å². The summed E-state index contributed by atoms with van der Waals surface area (Å²) in [5, 5.41) is 3.71. The average molecular weight is 428 g/mol. The van der Waals surface area contributed by atoms with Crippen molar-refractivity contribution in [1.82, 2.24) is 15.1 Å². The molecule has 1 saturated heterocycles. The van der Waals surface area contributed by atoms with Gasteiger partial charge in [-0.15, -0.1) is 0 Å². The smallest absolute Gasteiger partial charge is 0.252 e. The van der Waals surface area contributed by atoms with Crippen LogP contribution in [0.25, 0.3) is 0 Å². The van der Waals surface area contributed by atoms with Gasteiger partial charge >= 0.3 is 0 Å². The highest BCUT2D eigenvalue weighted by molar-refractivity contribution is 6.30. The zero-order valence-electron chi connectivity index (χ0n) is 17.9. The maximum atomic E-state index is 13.2. The molecular weight excluding hydrogens is 398 g/mol. The van der Waals surface area contributed by atoms with Gasteiger partial charge in [-0.1, -0.05) is 55.8 Å². The molecule has 0 spiro atoms. The number of carbonyl (C=O) groups is 2. The molecule has 0 bridgehead atoms. The van der Waals surface area contributed by atoms with Crippen LogP contribution in [0.5, 0.6) is 0 Å². The van der Waals surface area contributed by atoms with E-state index < -0.39 is 6.04 Å². The molecule has 1 heterocycles. The van der Waals surface area contributed by atoms with E-state index in [0.717, 1.165) is 30.2 Å². The van der Waals surface area contributed by atoms with Crippen molar-refractivity contribution in [2.24, 2.45) is 5.92 Å². The fourth-order valence-corrected chi connectivity index (χ4v) is 3.99. The van der Waals surface area contributed by atoms with Gasteiger partial charge in [-0.2, -0.15) is 0 Å². The number of benzene rings is 2. The molecule has 160 valence electrons. The summed E-state index contributed by atoms with van der Waals surface area (Å²) < 4.78 is 0. The molecule has 1 atom stereocenters. The molecule has 30 heavy (non-hydrogen) atoms. The Hall–Kier alpha value is -2.37. The third-order valence-electron chi connectivity index (χ3n) is 5.59. The second-order valence-corrected chi connectivity index (χ2v) is 8.68. The number of hydrogen-bond acceptors (Lipinski definition) is 3. The number of aryl methyl sites for hydroxylation is 1. The second-order valence-electron chi connectivity index (χ2n) is 8.24.